The monoisotopic (exact) mass is 193 g/mol. The van der Waals surface area contributed by atoms with Gasteiger partial charge in [-0.3, -0.25) is 0 Å². The van der Waals surface area contributed by atoms with Gasteiger partial charge in [0.25, 0.3) is 0 Å². The van der Waals surface area contributed by atoms with Gasteiger partial charge in [0.2, 0.25) is 0 Å². The van der Waals surface area contributed by atoms with E-state index in [2.05, 4.69) is 4.98 Å². The van der Waals surface area contributed by atoms with Crippen molar-refractivity contribution >= 4 is 11.8 Å². The molecule has 74 valence electrons. The number of aromatic nitrogens is 1. The molecule has 5 nitrogen and oxygen atoms in total. The number of aromatic amines is 1. The van der Waals surface area contributed by atoms with Crippen LogP contribution in [0.1, 0.15) is 28.5 Å². The molecule has 1 aromatic rings. The molecule has 0 atom stereocenters. The summed E-state index contributed by atoms with van der Waals surface area (Å²) in [6.45, 7) is 3.65. The molecular weight excluding hydrogens is 182 g/mol. The Morgan fingerprint density at radius 1 is 1.71 bits per heavy atom. The Labute approximate surface area is 81.5 Å². The van der Waals surface area contributed by atoms with Gasteiger partial charge < -0.3 is 15.5 Å². The summed E-state index contributed by atoms with van der Waals surface area (Å²) in [6.07, 6.45) is 0. The smallest absolute Gasteiger partial charge is 0.355 e. The number of H-pyrrole nitrogens is 1. The number of nitrogens with zero attached hydrogens (tertiary/aromatic N) is 1. The molecule has 3 N–H and O–H groups in total. The van der Waals surface area contributed by atoms with Crippen molar-refractivity contribution in [2.45, 2.75) is 13.8 Å². The maximum Gasteiger partial charge on any atom is 0.355 e. The first-order valence-corrected chi connectivity index (χ1v) is 4.17. The van der Waals surface area contributed by atoms with Crippen molar-refractivity contribution in [3.05, 3.63) is 16.8 Å². The van der Waals surface area contributed by atoms with Gasteiger partial charge in [0.15, 0.2) is 0 Å². The standard InChI is InChI=1S/C9H11N3O2/c1-3-14-9(13)7-5(2)6(4-10)8(11)12-7/h12H,3,11H2,1-2H3. The topological polar surface area (TPSA) is 91.9 Å². The minimum Gasteiger partial charge on any atom is -0.461 e. The quantitative estimate of drug-likeness (QED) is 0.684. The van der Waals surface area contributed by atoms with Gasteiger partial charge in [-0.25, -0.2) is 4.79 Å². The minimum absolute atomic E-state index is 0.202. The van der Waals surface area contributed by atoms with E-state index >= 15 is 0 Å². The molecule has 14 heavy (non-hydrogen) atoms. The van der Waals surface area contributed by atoms with Crippen molar-refractivity contribution in [2.75, 3.05) is 12.3 Å². The van der Waals surface area contributed by atoms with E-state index in [-0.39, 0.29) is 11.5 Å². The second-order valence-corrected chi connectivity index (χ2v) is 2.75. The number of esters is 1. The van der Waals surface area contributed by atoms with Crippen LogP contribution in [0, 0.1) is 18.3 Å². The minimum atomic E-state index is -0.488. The molecule has 1 rings (SSSR count). The van der Waals surface area contributed by atoms with Crippen LogP contribution in [0.5, 0.6) is 0 Å². The molecule has 0 spiro atoms. The van der Waals surface area contributed by atoms with E-state index in [0.29, 0.717) is 17.7 Å². The Morgan fingerprint density at radius 2 is 2.36 bits per heavy atom. The number of nitrogen functional groups attached to an aromatic ring is 1. The number of hydrogen-bond acceptors (Lipinski definition) is 4. The van der Waals surface area contributed by atoms with Crippen LogP contribution in [0.4, 0.5) is 5.82 Å². The highest BCUT2D eigenvalue weighted by Crippen LogP contribution is 2.19. The second kappa shape index (κ2) is 3.83. The van der Waals surface area contributed by atoms with Crippen molar-refractivity contribution in [1.82, 2.24) is 4.98 Å². The predicted octanol–water partition coefficient (Wildman–Crippen LogP) is 0.954. The van der Waals surface area contributed by atoms with Gasteiger partial charge in [0.05, 0.1) is 12.2 Å². The Hall–Kier alpha value is -1.96. The summed E-state index contributed by atoms with van der Waals surface area (Å²) < 4.78 is 4.79. The number of nitrogens with two attached hydrogens (primary N) is 1. The van der Waals surface area contributed by atoms with Crippen LogP contribution in [0.3, 0.4) is 0 Å². The Morgan fingerprint density at radius 3 is 2.79 bits per heavy atom. The van der Waals surface area contributed by atoms with E-state index in [4.69, 9.17) is 15.7 Å². The highest BCUT2D eigenvalue weighted by atomic mass is 16.5. The molecule has 0 fully saturated rings. The molecule has 1 heterocycles. The fourth-order valence-corrected chi connectivity index (χ4v) is 1.17. The third-order valence-corrected chi connectivity index (χ3v) is 1.87. The molecule has 0 unspecified atom stereocenters. The molecule has 0 amide bonds. The molecule has 0 bridgehead atoms. The van der Waals surface area contributed by atoms with Crippen molar-refractivity contribution in [2.24, 2.45) is 0 Å². The van der Waals surface area contributed by atoms with Gasteiger partial charge in [0.1, 0.15) is 17.6 Å². The van der Waals surface area contributed by atoms with Gasteiger partial charge >= 0.3 is 5.97 Å². The average molecular weight is 193 g/mol. The molecule has 0 aliphatic heterocycles. The van der Waals surface area contributed by atoms with Gasteiger partial charge in [0, 0.05) is 5.56 Å². The normalized spacial score (nSPS) is 9.50. The molecular formula is C9H11N3O2. The Kier molecular flexibility index (Phi) is 2.77. The highest BCUT2D eigenvalue weighted by Gasteiger charge is 2.18. The average Bonchev–Trinajstić information content (AvgIpc) is 2.42. The first-order valence-electron chi connectivity index (χ1n) is 4.17. The number of hydrogen-bond donors (Lipinski definition) is 2. The summed E-state index contributed by atoms with van der Waals surface area (Å²) >= 11 is 0. The summed E-state index contributed by atoms with van der Waals surface area (Å²) in [7, 11) is 0. The van der Waals surface area contributed by atoms with Gasteiger partial charge in [-0.1, -0.05) is 0 Å². The van der Waals surface area contributed by atoms with Crippen molar-refractivity contribution in [3.8, 4) is 6.07 Å². The lowest BCUT2D eigenvalue weighted by Crippen LogP contribution is -2.06. The molecule has 0 saturated heterocycles. The summed E-state index contributed by atoms with van der Waals surface area (Å²) in [6, 6.07) is 1.92. The summed E-state index contributed by atoms with van der Waals surface area (Å²) in [5.41, 5.74) is 6.58. The number of carbonyl (C=O) groups is 1. The highest BCUT2D eigenvalue weighted by molar-refractivity contribution is 5.91. The summed E-state index contributed by atoms with van der Waals surface area (Å²) in [5, 5.41) is 8.72. The number of nitrogens with one attached hydrogen (secondary N) is 1. The van der Waals surface area contributed by atoms with Crippen LogP contribution in [0.25, 0.3) is 0 Å². The van der Waals surface area contributed by atoms with Crippen molar-refractivity contribution < 1.29 is 9.53 Å². The largest absolute Gasteiger partial charge is 0.461 e. The lowest BCUT2D eigenvalue weighted by atomic mass is 10.2. The fourth-order valence-electron chi connectivity index (χ4n) is 1.17. The number of ether oxygens (including phenoxy) is 1. The van der Waals surface area contributed by atoms with E-state index in [9.17, 15) is 4.79 Å². The molecule has 0 aliphatic carbocycles. The Balaban J connectivity index is 3.13. The molecule has 0 aromatic carbocycles. The van der Waals surface area contributed by atoms with Crippen LogP contribution in [-0.4, -0.2) is 17.6 Å². The second-order valence-electron chi connectivity index (χ2n) is 2.75. The molecule has 0 radical (unpaired) electrons. The zero-order valence-corrected chi connectivity index (χ0v) is 8.05. The van der Waals surface area contributed by atoms with Crippen LogP contribution >= 0.6 is 0 Å². The van der Waals surface area contributed by atoms with E-state index in [1.165, 1.54) is 0 Å². The summed E-state index contributed by atoms with van der Waals surface area (Å²) in [5.74, 6) is -0.286. The lowest BCUT2D eigenvalue weighted by Gasteiger charge is -1.99. The van der Waals surface area contributed by atoms with E-state index in [1.54, 1.807) is 13.8 Å². The SMILES string of the molecule is CCOC(=O)c1[nH]c(N)c(C#N)c1C. The zero-order chi connectivity index (χ0) is 10.7. The zero-order valence-electron chi connectivity index (χ0n) is 8.05. The van der Waals surface area contributed by atoms with Gasteiger partial charge in [-0.15, -0.1) is 0 Å². The molecule has 0 aliphatic rings. The van der Waals surface area contributed by atoms with Crippen LogP contribution in [0.15, 0.2) is 0 Å². The van der Waals surface area contributed by atoms with Crippen molar-refractivity contribution in [1.29, 1.82) is 5.26 Å². The van der Waals surface area contributed by atoms with Gasteiger partial charge in [-0.2, -0.15) is 5.26 Å². The van der Waals surface area contributed by atoms with Crippen LogP contribution in [-0.2, 0) is 4.74 Å². The third-order valence-electron chi connectivity index (χ3n) is 1.87. The van der Waals surface area contributed by atoms with Gasteiger partial charge in [-0.05, 0) is 13.8 Å². The maximum absolute atomic E-state index is 11.3. The first kappa shape index (κ1) is 10.1. The van der Waals surface area contributed by atoms with E-state index in [0.717, 1.165) is 0 Å². The Bertz CT molecular complexity index is 401. The first-order chi connectivity index (χ1) is 6.61. The number of nitriles is 1. The van der Waals surface area contributed by atoms with E-state index < -0.39 is 5.97 Å². The number of anilines is 1. The molecule has 1 aromatic heterocycles. The fraction of sp³-hybridized carbons (Fsp3) is 0.333. The third kappa shape index (κ3) is 1.55. The predicted molar refractivity (Wildman–Crippen MR) is 50.6 cm³/mol. The number of carbonyl (C=O) groups excluding carboxylic acids is 1. The maximum atomic E-state index is 11.3. The molecule has 5 heteroatoms. The lowest BCUT2D eigenvalue weighted by molar-refractivity contribution is 0.0519. The summed E-state index contributed by atoms with van der Waals surface area (Å²) in [4.78, 5) is 14.0. The van der Waals surface area contributed by atoms with E-state index in [1.807, 2.05) is 6.07 Å². The van der Waals surface area contributed by atoms with Crippen LogP contribution in [0.2, 0.25) is 0 Å². The van der Waals surface area contributed by atoms with Crippen LogP contribution < -0.4 is 5.73 Å². The van der Waals surface area contributed by atoms with Crippen molar-refractivity contribution in [3.63, 3.8) is 0 Å². The number of rotatable bonds is 2. The molecule has 0 saturated carbocycles.